The average Bonchev–Trinajstić information content (AvgIpc) is 2.85. The van der Waals surface area contributed by atoms with Crippen LogP contribution in [0, 0.1) is 0 Å². The van der Waals surface area contributed by atoms with E-state index in [0.29, 0.717) is 11.5 Å². The number of carbonyl (C=O) groups is 1. The minimum atomic E-state index is -0.298. The lowest BCUT2D eigenvalue weighted by Gasteiger charge is -2.09. The van der Waals surface area contributed by atoms with Gasteiger partial charge >= 0.3 is 0 Å². The Balaban J connectivity index is 1.71. The second kappa shape index (κ2) is 7.02. The first kappa shape index (κ1) is 15.8. The van der Waals surface area contributed by atoms with Crippen LogP contribution in [0.2, 0.25) is 0 Å². The zero-order chi connectivity index (χ0) is 16.2. The molecule has 0 saturated carbocycles. The van der Waals surface area contributed by atoms with Gasteiger partial charge in [0.25, 0.3) is 5.91 Å². The molecule has 0 radical (unpaired) electrons. The molecule has 23 heavy (non-hydrogen) atoms. The summed E-state index contributed by atoms with van der Waals surface area (Å²) in [5.74, 6) is 0.449. The van der Waals surface area contributed by atoms with E-state index < -0.39 is 0 Å². The normalized spacial score (nSPS) is 15.8. The van der Waals surface area contributed by atoms with Crippen LogP contribution in [0.1, 0.15) is 11.1 Å². The number of ether oxygens (including phenoxy) is 1. The molecule has 2 N–H and O–H groups in total. The van der Waals surface area contributed by atoms with Gasteiger partial charge in [0.2, 0.25) is 0 Å². The molecule has 1 amide bonds. The Kier molecular flexibility index (Phi) is 4.83. The molecule has 1 aliphatic heterocycles. The van der Waals surface area contributed by atoms with Gasteiger partial charge in [0.05, 0.1) is 9.38 Å². The number of aliphatic imine (C=N–C) groups is 1. The maximum Gasteiger partial charge on any atom is 0.286 e. The van der Waals surface area contributed by atoms with Crippen LogP contribution >= 0.6 is 27.7 Å². The zero-order valence-electron chi connectivity index (χ0n) is 12.0. The number of carbonyl (C=O) groups excluding carboxylic acids is 1. The Morgan fingerprint density at radius 2 is 2.00 bits per heavy atom. The Bertz CT molecular complexity index is 803. The fourth-order valence-corrected chi connectivity index (χ4v) is 3.23. The molecule has 0 aliphatic carbocycles. The van der Waals surface area contributed by atoms with Gasteiger partial charge in [0.15, 0.2) is 5.17 Å². The van der Waals surface area contributed by atoms with Crippen molar-refractivity contribution in [3.8, 4) is 5.75 Å². The van der Waals surface area contributed by atoms with Crippen molar-refractivity contribution in [1.82, 2.24) is 0 Å². The number of rotatable bonds is 4. The lowest BCUT2D eigenvalue weighted by molar-refractivity contribution is -0.113. The molecule has 0 atom stereocenters. The number of thioether (sulfide) groups is 1. The van der Waals surface area contributed by atoms with Crippen molar-refractivity contribution in [1.29, 1.82) is 0 Å². The highest BCUT2D eigenvalue weighted by atomic mass is 79.9. The van der Waals surface area contributed by atoms with Crippen molar-refractivity contribution in [2.24, 2.45) is 10.7 Å². The molecular weight excluding hydrogens is 376 g/mol. The number of amidine groups is 1. The van der Waals surface area contributed by atoms with Gasteiger partial charge in [-0.2, -0.15) is 4.99 Å². The Hall–Kier alpha value is -2.05. The maximum absolute atomic E-state index is 11.6. The number of nitrogens with two attached hydrogens (primary N) is 1. The molecule has 3 rings (SSSR count). The van der Waals surface area contributed by atoms with Crippen molar-refractivity contribution in [2.45, 2.75) is 6.61 Å². The molecule has 2 aromatic carbocycles. The Morgan fingerprint density at radius 1 is 1.22 bits per heavy atom. The summed E-state index contributed by atoms with van der Waals surface area (Å²) < 4.78 is 6.63. The van der Waals surface area contributed by atoms with Crippen LogP contribution in [0.4, 0.5) is 0 Å². The number of benzene rings is 2. The van der Waals surface area contributed by atoms with Gasteiger partial charge in [-0.05, 0) is 57.0 Å². The van der Waals surface area contributed by atoms with Crippen molar-refractivity contribution < 1.29 is 9.53 Å². The summed E-state index contributed by atoms with van der Waals surface area (Å²) in [6.07, 6.45) is 1.77. The van der Waals surface area contributed by atoms with Crippen LogP contribution in [-0.4, -0.2) is 11.1 Å². The molecular formula is C17H13BrN2O2S. The standard InChI is InChI=1S/C17H13BrN2O2S/c18-13-8-12(9-15-16(21)20-17(19)23-15)6-7-14(13)22-10-11-4-2-1-3-5-11/h1-9H,10H2,(H2,19,20,21)/b15-9-. The molecule has 4 nitrogen and oxygen atoms in total. The van der Waals surface area contributed by atoms with E-state index in [-0.39, 0.29) is 11.1 Å². The van der Waals surface area contributed by atoms with Crippen molar-refractivity contribution in [3.63, 3.8) is 0 Å². The predicted molar refractivity (Wildman–Crippen MR) is 97.1 cm³/mol. The number of halogens is 1. The molecule has 0 unspecified atom stereocenters. The fourth-order valence-electron chi connectivity index (χ4n) is 2.04. The number of amides is 1. The predicted octanol–water partition coefficient (Wildman–Crippen LogP) is 3.96. The first-order chi connectivity index (χ1) is 11.1. The summed E-state index contributed by atoms with van der Waals surface area (Å²) in [6.45, 7) is 0.499. The summed E-state index contributed by atoms with van der Waals surface area (Å²) >= 11 is 4.68. The summed E-state index contributed by atoms with van der Waals surface area (Å²) in [5, 5.41) is 0.281. The maximum atomic E-state index is 11.6. The van der Waals surface area contributed by atoms with E-state index in [1.54, 1.807) is 6.08 Å². The van der Waals surface area contributed by atoms with Crippen LogP contribution in [0.5, 0.6) is 5.75 Å². The molecule has 1 aliphatic rings. The van der Waals surface area contributed by atoms with Gasteiger partial charge in [-0.1, -0.05) is 36.4 Å². The first-order valence-electron chi connectivity index (χ1n) is 6.86. The highest BCUT2D eigenvalue weighted by Crippen LogP contribution is 2.30. The number of hydrogen-bond donors (Lipinski definition) is 1. The van der Waals surface area contributed by atoms with E-state index in [2.05, 4.69) is 20.9 Å². The third-order valence-electron chi connectivity index (χ3n) is 3.13. The number of hydrogen-bond acceptors (Lipinski definition) is 4. The largest absolute Gasteiger partial charge is 0.488 e. The summed E-state index contributed by atoms with van der Waals surface area (Å²) in [4.78, 5) is 15.8. The molecule has 0 saturated heterocycles. The highest BCUT2D eigenvalue weighted by Gasteiger charge is 2.19. The summed E-state index contributed by atoms with van der Waals surface area (Å²) in [6, 6.07) is 15.6. The molecule has 116 valence electrons. The van der Waals surface area contributed by atoms with Crippen LogP contribution in [0.25, 0.3) is 6.08 Å². The van der Waals surface area contributed by atoms with Crippen molar-refractivity contribution in [2.75, 3.05) is 0 Å². The van der Waals surface area contributed by atoms with E-state index in [0.717, 1.165) is 21.3 Å². The summed E-state index contributed by atoms with van der Waals surface area (Å²) in [7, 11) is 0. The average molecular weight is 389 g/mol. The monoisotopic (exact) mass is 388 g/mol. The highest BCUT2D eigenvalue weighted by molar-refractivity contribution is 9.10. The van der Waals surface area contributed by atoms with E-state index in [4.69, 9.17) is 10.5 Å². The molecule has 0 bridgehead atoms. The van der Waals surface area contributed by atoms with Crippen LogP contribution in [0.15, 0.2) is 62.9 Å². The SMILES string of the molecule is NC1=NC(=O)/C(=C/c2ccc(OCc3ccccc3)c(Br)c2)S1. The lowest BCUT2D eigenvalue weighted by Crippen LogP contribution is -2.01. The van der Waals surface area contributed by atoms with Crippen LogP contribution in [0.3, 0.4) is 0 Å². The van der Waals surface area contributed by atoms with Crippen LogP contribution < -0.4 is 10.5 Å². The van der Waals surface area contributed by atoms with Crippen molar-refractivity contribution >= 4 is 44.8 Å². The third kappa shape index (κ3) is 4.03. The lowest BCUT2D eigenvalue weighted by atomic mass is 10.2. The third-order valence-corrected chi connectivity index (χ3v) is 4.56. The molecule has 0 spiro atoms. The van der Waals surface area contributed by atoms with Gasteiger partial charge in [0, 0.05) is 0 Å². The second-order valence-corrected chi connectivity index (χ2v) is 6.75. The zero-order valence-corrected chi connectivity index (χ0v) is 14.4. The van der Waals surface area contributed by atoms with Crippen LogP contribution in [-0.2, 0) is 11.4 Å². The quantitative estimate of drug-likeness (QED) is 0.805. The van der Waals surface area contributed by atoms with Gasteiger partial charge in [-0.15, -0.1) is 0 Å². The molecule has 0 aromatic heterocycles. The molecule has 0 fully saturated rings. The Labute approximate surface area is 146 Å². The van der Waals surface area contributed by atoms with E-state index >= 15 is 0 Å². The smallest absolute Gasteiger partial charge is 0.286 e. The summed E-state index contributed by atoms with van der Waals surface area (Å²) in [5.41, 5.74) is 7.52. The van der Waals surface area contributed by atoms with Gasteiger partial charge < -0.3 is 10.5 Å². The molecule has 1 heterocycles. The number of nitrogens with zero attached hydrogens (tertiary/aromatic N) is 1. The van der Waals surface area contributed by atoms with E-state index in [1.165, 1.54) is 11.8 Å². The van der Waals surface area contributed by atoms with Gasteiger partial charge in [0.1, 0.15) is 12.4 Å². The first-order valence-corrected chi connectivity index (χ1v) is 8.47. The fraction of sp³-hybridized carbons (Fsp3) is 0.0588. The topological polar surface area (TPSA) is 64.7 Å². The van der Waals surface area contributed by atoms with Gasteiger partial charge in [-0.25, -0.2) is 0 Å². The van der Waals surface area contributed by atoms with E-state index in [9.17, 15) is 4.79 Å². The van der Waals surface area contributed by atoms with Crippen molar-refractivity contribution in [3.05, 3.63) is 69.0 Å². The van der Waals surface area contributed by atoms with Gasteiger partial charge in [-0.3, -0.25) is 4.79 Å². The minimum Gasteiger partial charge on any atom is -0.488 e. The molecule has 2 aromatic rings. The minimum absolute atomic E-state index is 0.281. The van der Waals surface area contributed by atoms with E-state index in [1.807, 2.05) is 48.5 Å². The second-order valence-electron chi connectivity index (χ2n) is 4.83. The Morgan fingerprint density at radius 3 is 2.65 bits per heavy atom. The molecule has 6 heteroatoms.